The molecule has 2 rings (SSSR count). The van der Waals surface area contributed by atoms with E-state index in [1.165, 1.54) is 11.6 Å². The lowest BCUT2D eigenvalue weighted by Gasteiger charge is -2.05. The molecule has 0 heterocycles. The largest absolute Gasteiger partial charge is 0.463 e. The van der Waals surface area contributed by atoms with E-state index in [2.05, 4.69) is 36.9 Å². The minimum Gasteiger partial charge on any atom is -0.463 e. The predicted molar refractivity (Wildman–Crippen MR) is 90.7 cm³/mol. The smallest absolute Gasteiger partial charge is 0.330 e. The summed E-state index contributed by atoms with van der Waals surface area (Å²) in [4.78, 5) is 10.9. The van der Waals surface area contributed by atoms with E-state index in [1.807, 2.05) is 24.3 Å². The van der Waals surface area contributed by atoms with E-state index in [4.69, 9.17) is 10.00 Å². The third-order valence-corrected chi connectivity index (χ3v) is 3.57. The minimum absolute atomic E-state index is 0.364. The summed E-state index contributed by atoms with van der Waals surface area (Å²) in [7, 11) is 0. The second kappa shape index (κ2) is 8.55. The summed E-state index contributed by atoms with van der Waals surface area (Å²) in [5, 5.41) is 8.82. The molecule has 0 aliphatic carbocycles. The summed E-state index contributed by atoms with van der Waals surface area (Å²) in [6.45, 7) is 3.80. The van der Waals surface area contributed by atoms with Crippen LogP contribution in [-0.2, 0) is 16.0 Å². The highest BCUT2D eigenvalue weighted by Gasteiger charge is 2.00. The fraction of sp³-hybridized carbons (Fsp3) is 0.200. The summed E-state index contributed by atoms with van der Waals surface area (Å²) in [6, 6.07) is 18.1. The molecule has 0 radical (unpaired) electrons. The van der Waals surface area contributed by atoms with Gasteiger partial charge in [-0.05, 0) is 48.1 Å². The van der Waals surface area contributed by atoms with Crippen LogP contribution in [-0.4, -0.2) is 12.6 Å². The molecule has 0 saturated carbocycles. The molecule has 0 unspecified atom stereocenters. The molecule has 23 heavy (non-hydrogen) atoms. The van der Waals surface area contributed by atoms with Crippen molar-refractivity contribution in [2.75, 3.05) is 6.61 Å². The van der Waals surface area contributed by atoms with E-state index < -0.39 is 0 Å². The second-order valence-electron chi connectivity index (χ2n) is 5.21. The number of aryl methyl sites for hydroxylation is 1. The highest BCUT2D eigenvalue weighted by Crippen LogP contribution is 2.20. The topological polar surface area (TPSA) is 50.1 Å². The summed E-state index contributed by atoms with van der Waals surface area (Å²) in [6.07, 6.45) is 3.96. The van der Waals surface area contributed by atoms with E-state index in [-0.39, 0.29) is 5.97 Å². The molecular weight excluding hydrogens is 286 g/mol. The number of hydrogen-bond donors (Lipinski definition) is 0. The Bertz CT molecular complexity index is 694. The number of rotatable bonds is 7. The normalized spacial score (nSPS) is 9.87. The average Bonchev–Trinajstić information content (AvgIpc) is 2.62. The van der Waals surface area contributed by atoms with Gasteiger partial charge >= 0.3 is 5.97 Å². The van der Waals surface area contributed by atoms with Gasteiger partial charge in [0.2, 0.25) is 0 Å². The third-order valence-electron chi connectivity index (χ3n) is 3.57. The number of ether oxygens (including phenoxy) is 1. The van der Waals surface area contributed by atoms with Crippen LogP contribution < -0.4 is 0 Å². The van der Waals surface area contributed by atoms with Crippen molar-refractivity contribution in [1.82, 2.24) is 0 Å². The number of unbranched alkanes of at least 4 members (excludes halogenated alkanes) is 1. The first kappa shape index (κ1) is 16.5. The maximum absolute atomic E-state index is 10.9. The average molecular weight is 305 g/mol. The van der Waals surface area contributed by atoms with Gasteiger partial charge in [0.1, 0.15) is 0 Å². The number of esters is 1. The number of hydrogen-bond acceptors (Lipinski definition) is 3. The molecule has 0 saturated heterocycles. The van der Waals surface area contributed by atoms with Gasteiger partial charge in [-0.3, -0.25) is 0 Å². The van der Waals surface area contributed by atoms with Crippen molar-refractivity contribution in [3.63, 3.8) is 0 Å². The zero-order chi connectivity index (χ0) is 16.5. The fourth-order valence-electron chi connectivity index (χ4n) is 2.26. The number of carbonyl (C=O) groups is 1. The van der Waals surface area contributed by atoms with Crippen LogP contribution in [0.25, 0.3) is 11.1 Å². The molecule has 0 aromatic heterocycles. The van der Waals surface area contributed by atoms with Gasteiger partial charge in [0, 0.05) is 6.08 Å². The number of nitrogens with zero attached hydrogens (tertiary/aromatic N) is 1. The molecule has 0 N–H and O–H groups in total. The summed E-state index contributed by atoms with van der Waals surface area (Å²) in [5.74, 6) is -0.364. The number of carbonyl (C=O) groups excluding carboxylic acids is 1. The second-order valence-corrected chi connectivity index (χ2v) is 5.21. The van der Waals surface area contributed by atoms with E-state index in [0.29, 0.717) is 12.2 Å². The van der Waals surface area contributed by atoms with Crippen LogP contribution in [0.2, 0.25) is 0 Å². The van der Waals surface area contributed by atoms with Gasteiger partial charge < -0.3 is 4.74 Å². The molecule has 0 amide bonds. The van der Waals surface area contributed by atoms with Gasteiger partial charge in [-0.15, -0.1) is 0 Å². The van der Waals surface area contributed by atoms with E-state index >= 15 is 0 Å². The van der Waals surface area contributed by atoms with Crippen LogP contribution in [0.5, 0.6) is 0 Å². The van der Waals surface area contributed by atoms with Crippen LogP contribution in [0.1, 0.15) is 24.0 Å². The summed E-state index contributed by atoms with van der Waals surface area (Å²) >= 11 is 0. The van der Waals surface area contributed by atoms with Crippen LogP contribution in [0.15, 0.2) is 61.2 Å². The van der Waals surface area contributed by atoms with Gasteiger partial charge in [-0.1, -0.05) is 43.0 Å². The first-order chi connectivity index (χ1) is 11.2. The Labute approximate surface area is 136 Å². The van der Waals surface area contributed by atoms with Gasteiger partial charge in [0.25, 0.3) is 0 Å². The van der Waals surface area contributed by atoms with Crippen LogP contribution >= 0.6 is 0 Å². The van der Waals surface area contributed by atoms with Crippen molar-refractivity contribution in [2.24, 2.45) is 0 Å². The van der Waals surface area contributed by atoms with Crippen molar-refractivity contribution in [2.45, 2.75) is 19.3 Å². The molecule has 0 fully saturated rings. The zero-order valence-electron chi connectivity index (χ0n) is 13.0. The first-order valence-corrected chi connectivity index (χ1v) is 7.61. The van der Waals surface area contributed by atoms with E-state index in [1.54, 1.807) is 0 Å². The third kappa shape index (κ3) is 5.12. The van der Waals surface area contributed by atoms with Gasteiger partial charge in [-0.25, -0.2) is 4.79 Å². The molecule has 0 bridgehead atoms. The first-order valence-electron chi connectivity index (χ1n) is 7.61. The van der Waals surface area contributed by atoms with E-state index in [9.17, 15) is 4.79 Å². The lowest BCUT2D eigenvalue weighted by atomic mass is 10.0. The highest BCUT2D eigenvalue weighted by atomic mass is 16.5. The van der Waals surface area contributed by atoms with Crippen molar-refractivity contribution in [3.8, 4) is 17.2 Å². The number of benzene rings is 2. The highest BCUT2D eigenvalue weighted by molar-refractivity contribution is 5.81. The summed E-state index contributed by atoms with van der Waals surface area (Å²) < 4.78 is 4.95. The Hall–Kier alpha value is -2.86. The molecule has 2 aromatic carbocycles. The molecular formula is C20H19NO2. The Morgan fingerprint density at radius 3 is 2.22 bits per heavy atom. The van der Waals surface area contributed by atoms with Crippen LogP contribution in [0.3, 0.4) is 0 Å². The minimum atomic E-state index is -0.364. The molecule has 116 valence electrons. The Balaban J connectivity index is 1.83. The quantitative estimate of drug-likeness (QED) is 0.436. The van der Waals surface area contributed by atoms with Crippen molar-refractivity contribution >= 4 is 5.97 Å². The molecule has 2 aromatic rings. The predicted octanol–water partition coefficient (Wildman–Crippen LogP) is 4.28. The van der Waals surface area contributed by atoms with Gasteiger partial charge in [0.15, 0.2) is 0 Å². The van der Waals surface area contributed by atoms with Gasteiger partial charge in [0.05, 0.1) is 18.2 Å². The molecule has 0 aliphatic rings. The Kier molecular flexibility index (Phi) is 6.14. The molecule has 0 aliphatic heterocycles. The molecule has 3 heteroatoms. The van der Waals surface area contributed by atoms with Gasteiger partial charge in [-0.2, -0.15) is 5.26 Å². The Morgan fingerprint density at radius 1 is 1.04 bits per heavy atom. The monoisotopic (exact) mass is 305 g/mol. The van der Waals surface area contributed by atoms with Crippen molar-refractivity contribution in [1.29, 1.82) is 5.26 Å². The van der Waals surface area contributed by atoms with Crippen LogP contribution in [0, 0.1) is 11.3 Å². The molecule has 3 nitrogen and oxygen atoms in total. The Morgan fingerprint density at radius 2 is 1.65 bits per heavy atom. The maximum Gasteiger partial charge on any atom is 0.330 e. The number of nitriles is 1. The lowest BCUT2D eigenvalue weighted by molar-refractivity contribution is -0.137. The molecule has 0 atom stereocenters. The van der Waals surface area contributed by atoms with Crippen molar-refractivity contribution in [3.05, 3.63) is 72.3 Å². The lowest BCUT2D eigenvalue weighted by Crippen LogP contribution is -2.02. The van der Waals surface area contributed by atoms with Crippen molar-refractivity contribution < 1.29 is 9.53 Å². The van der Waals surface area contributed by atoms with E-state index in [0.717, 1.165) is 30.4 Å². The zero-order valence-corrected chi connectivity index (χ0v) is 13.0. The molecule has 0 spiro atoms. The standard InChI is InChI=1S/C20H19NO2/c1-2-20(22)23-14-4-3-5-16-6-10-18(11-7-16)19-12-8-17(15-21)9-13-19/h2,6-13H,1,3-5,14H2. The summed E-state index contributed by atoms with van der Waals surface area (Å²) in [5.41, 5.74) is 4.17. The SMILES string of the molecule is C=CC(=O)OCCCCc1ccc(-c2ccc(C#N)cc2)cc1. The maximum atomic E-state index is 10.9. The fourth-order valence-corrected chi connectivity index (χ4v) is 2.26. The van der Waals surface area contributed by atoms with Crippen LogP contribution in [0.4, 0.5) is 0 Å².